The van der Waals surface area contributed by atoms with E-state index in [1.807, 2.05) is 6.07 Å². The molecule has 1 aromatic carbocycles. The summed E-state index contributed by atoms with van der Waals surface area (Å²) in [5.74, 6) is -0.668. The third-order valence-corrected chi connectivity index (χ3v) is 2.69. The number of benzene rings is 1. The largest absolute Gasteiger partial charge is 0.298 e. The fraction of sp³-hybridized carbons (Fsp3) is 0.333. The van der Waals surface area contributed by atoms with Crippen molar-refractivity contribution in [2.24, 2.45) is 5.92 Å². The zero-order valence-electron chi connectivity index (χ0n) is 8.84. The third-order valence-electron chi connectivity index (χ3n) is 2.26. The van der Waals surface area contributed by atoms with Crippen LogP contribution in [0, 0.1) is 17.2 Å². The molecule has 0 amide bonds. The summed E-state index contributed by atoms with van der Waals surface area (Å²) in [6.45, 7) is 1.75. The molecule has 4 heteroatoms. The molecule has 0 aliphatic heterocycles. The second kappa shape index (κ2) is 5.89. The Kier molecular flexibility index (Phi) is 4.79. The molecule has 2 nitrogen and oxygen atoms in total. The average Bonchev–Trinajstić information content (AvgIpc) is 2.23. The van der Waals surface area contributed by atoms with Crippen LogP contribution < -0.4 is 0 Å². The lowest BCUT2D eigenvalue weighted by atomic mass is 9.95. The number of halogens is 2. The van der Waals surface area contributed by atoms with E-state index in [1.54, 1.807) is 25.1 Å². The van der Waals surface area contributed by atoms with E-state index < -0.39 is 5.92 Å². The van der Waals surface area contributed by atoms with Gasteiger partial charge >= 0.3 is 0 Å². The van der Waals surface area contributed by atoms with Crippen molar-refractivity contribution in [1.29, 1.82) is 5.26 Å². The van der Waals surface area contributed by atoms with Crippen molar-refractivity contribution < 1.29 is 4.79 Å². The summed E-state index contributed by atoms with van der Waals surface area (Å²) < 4.78 is 0. The molecule has 0 N–H and O–H groups in total. The molecule has 0 spiro atoms. The highest BCUT2D eigenvalue weighted by molar-refractivity contribution is 6.34. The number of ketones is 1. The Balaban J connectivity index is 2.87. The third kappa shape index (κ3) is 3.52. The van der Waals surface area contributed by atoms with Gasteiger partial charge in [-0.1, -0.05) is 30.1 Å². The zero-order valence-corrected chi connectivity index (χ0v) is 10.3. The van der Waals surface area contributed by atoms with Crippen molar-refractivity contribution in [3.05, 3.63) is 33.8 Å². The molecule has 0 saturated carbocycles. The number of nitriles is 1. The summed E-state index contributed by atoms with van der Waals surface area (Å²) in [6.07, 6.45) is 0.732. The Bertz CT molecular complexity index is 417. The summed E-state index contributed by atoms with van der Waals surface area (Å²) in [5, 5.41) is 9.92. The van der Waals surface area contributed by atoms with E-state index >= 15 is 0 Å². The molecule has 84 valence electrons. The van der Waals surface area contributed by atoms with Crippen LogP contribution in [0.1, 0.15) is 18.9 Å². The fourth-order valence-corrected chi connectivity index (χ4v) is 2.01. The molecule has 0 aromatic heterocycles. The second-order valence-electron chi connectivity index (χ2n) is 3.48. The van der Waals surface area contributed by atoms with Crippen LogP contribution in [0.4, 0.5) is 0 Å². The first kappa shape index (κ1) is 13.0. The van der Waals surface area contributed by atoms with Gasteiger partial charge in [-0.15, -0.1) is 0 Å². The van der Waals surface area contributed by atoms with Crippen LogP contribution in [-0.4, -0.2) is 5.78 Å². The van der Waals surface area contributed by atoms with Crippen molar-refractivity contribution in [2.75, 3.05) is 0 Å². The molecule has 1 aromatic rings. The Morgan fingerprint density at radius 1 is 1.38 bits per heavy atom. The molecule has 0 saturated heterocycles. The van der Waals surface area contributed by atoms with Gasteiger partial charge in [-0.25, -0.2) is 0 Å². The van der Waals surface area contributed by atoms with E-state index in [1.165, 1.54) is 0 Å². The van der Waals surface area contributed by atoms with Gasteiger partial charge in [0.05, 0.1) is 6.07 Å². The predicted molar refractivity (Wildman–Crippen MR) is 64.6 cm³/mol. The lowest BCUT2D eigenvalue weighted by Gasteiger charge is -2.07. The molecular weight excluding hydrogens is 245 g/mol. The number of Topliss-reactive ketones (excluding diaryl/α,β-unsaturated/α-hetero) is 1. The second-order valence-corrected chi connectivity index (χ2v) is 4.36. The van der Waals surface area contributed by atoms with Crippen LogP contribution >= 0.6 is 23.2 Å². The molecule has 0 aliphatic rings. The van der Waals surface area contributed by atoms with E-state index in [9.17, 15) is 4.79 Å². The van der Waals surface area contributed by atoms with Crippen LogP contribution in [0.15, 0.2) is 18.2 Å². The van der Waals surface area contributed by atoms with Gasteiger partial charge in [0.25, 0.3) is 0 Å². The van der Waals surface area contributed by atoms with Crippen LogP contribution in [0.25, 0.3) is 0 Å². The van der Waals surface area contributed by atoms with E-state index in [2.05, 4.69) is 0 Å². The van der Waals surface area contributed by atoms with E-state index in [4.69, 9.17) is 28.5 Å². The minimum atomic E-state index is -0.612. The molecule has 0 aliphatic carbocycles. The standard InChI is InChI=1S/C12H11Cl2NO/c1-2-12(16)9(7-15)3-8-4-10(13)6-11(14)5-8/h4-6,9H,2-3H2,1H3. The lowest BCUT2D eigenvalue weighted by molar-refractivity contribution is -0.120. The van der Waals surface area contributed by atoms with Gasteiger partial charge in [-0.05, 0) is 30.2 Å². The maximum absolute atomic E-state index is 11.4. The summed E-state index contributed by atoms with van der Waals surface area (Å²) in [5.41, 5.74) is 0.811. The van der Waals surface area contributed by atoms with Gasteiger partial charge in [0, 0.05) is 16.5 Å². The van der Waals surface area contributed by atoms with Crippen molar-refractivity contribution in [2.45, 2.75) is 19.8 Å². The molecule has 0 bridgehead atoms. The van der Waals surface area contributed by atoms with Crippen molar-refractivity contribution in [3.8, 4) is 6.07 Å². The smallest absolute Gasteiger partial charge is 0.150 e. The van der Waals surface area contributed by atoms with Gasteiger partial charge in [0.1, 0.15) is 11.7 Å². The van der Waals surface area contributed by atoms with Crippen LogP contribution in [0.5, 0.6) is 0 Å². The number of hydrogen-bond acceptors (Lipinski definition) is 2. The highest BCUT2D eigenvalue weighted by atomic mass is 35.5. The van der Waals surface area contributed by atoms with Gasteiger partial charge in [-0.3, -0.25) is 4.79 Å². The number of nitrogens with zero attached hydrogens (tertiary/aromatic N) is 1. The summed E-state index contributed by atoms with van der Waals surface area (Å²) in [6, 6.07) is 7.07. The SMILES string of the molecule is CCC(=O)C(C#N)Cc1cc(Cl)cc(Cl)c1. The fourth-order valence-electron chi connectivity index (χ4n) is 1.44. The quantitative estimate of drug-likeness (QED) is 0.824. The maximum Gasteiger partial charge on any atom is 0.150 e. The number of carbonyl (C=O) groups is 1. The van der Waals surface area contributed by atoms with E-state index in [0.29, 0.717) is 22.9 Å². The summed E-state index contributed by atoms with van der Waals surface area (Å²) in [7, 11) is 0. The Labute approximate surface area is 105 Å². The summed E-state index contributed by atoms with van der Waals surface area (Å²) in [4.78, 5) is 11.4. The van der Waals surface area contributed by atoms with Crippen molar-refractivity contribution in [1.82, 2.24) is 0 Å². The molecular formula is C12H11Cl2NO. The van der Waals surface area contributed by atoms with Crippen LogP contribution in [0.3, 0.4) is 0 Å². The number of carbonyl (C=O) groups excluding carboxylic acids is 1. The first-order valence-electron chi connectivity index (χ1n) is 4.94. The lowest BCUT2D eigenvalue weighted by Crippen LogP contribution is -2.14. The topological polar surface area (TPSA) is 40.9 Å². The Hall–Kier alpha value is -1.04. The monoisotopic (exact) mass is 255 g/mol. The molecule has 1 atom stereocenters. The first-order chi connectivity index (χ1) is 7.56. The highest BCUT2D eigenvalue weighted by Gasteiger charge is 2.16. The van der Waals surface area contributed by atoms with E-state index in [0.717, 1.165) is 5.56 Å². The van der Waals surface area contributed by atoms with Gasteiger partial charge < -0.3 is 0 Å². The first-order valence-corrected chi connectivity index (χ1v) is 5.69. The van der Waals surface area contributed by atoms with Gasteiger partial charge in [-0.2, -0.15) is 5.26 Å². The van der Waals surface area contributed by atoms with Crippen molar-refractivity contribution in [3.63, 3.8) is 0 Å². The van der Waals surface area contributed by atoms with Crippen molar-refractivity contribution >= 4 is 29.0 Å². The van der Waals surface area contributed by atoms with E-state index in [-0.39, 0.29) is 5.78 Å². The molecule has 16 heavy (non-hydrogen) atoms. The molecule has 0 radical (unpaired) electrons. The number of hydrogen-bond donors (Lipinski definition) is 0. The molecule has 0 heterocycles. The highest BCUT2D eigenvalue weighted by Crippen LogP contribution is 2.21. The number of rotatable bonds is 4. The predicted octanol–water partition coefficient (Wildman–Crippen LogP) is 3.65. The van der Waals surface area contributed by atoms with Crippen LogP contribution in [-0.2, 0) is 11.2 Å². The Morgan fingerprint density at radius 2 is 1.94 bits per heavy atom. The summed E-state index contributed by atoms with van der Waals surface area (Å²) >= 11 is 11.7. The van der Waals surface area contributed by atoms with Gasteiger partial charge in [0.2, 0.25) is 0 Å². The molecule has 1 unspecified atom stereocenters. The maximum atomic E-state index is 11.4. The normalized spacial score (nSPS) is 11.9. The molecule has 1 rings (SSSR count). The van der Waals surface area contributed by atoms with Gasteiger partial charge in [0.15, 0.2) is 0 Å². The minimum Gasteiger partial charge on any atom is -0.298 e. The van der Waals surface area contributed by atoms with Crippen LogP contribution in [0.2, 0.25) is 10.0 Å². The molecule has 0 fully saturated rings. The minimum absolute atomic E-state index is 0.0569. The zero-order chi connectivity index (χ0) is 12.1. The average molecular weight is 256 g/mol. The Morgan fingerprint density at radius 3 is 2.38 bits per heavy atom.